The van der Waals surface area contributed by atoms with Gasteiger partial charge in [0.05, 0.1) is 31.5 Å². The molecule has 2 aliphatic carbocycles. The molecule has 1 aliphatic heterocycles. The van der Waals surface area contributed by atoms with E-state index < -0.39 is 16.9 Å². The first-order chi connectivity index (χ1) is 13.2. The molecule has 3 fully saturated rings. The van der Waals surface area contributed by atoms with Crippen molar-refractivity contribution in [2.75, 3.05) is 7.11 Å². The maximum Gasteiger partial charge on any atom is 0.310 e. The summed E-state index contributed by atoms with van der Waals surface area (Å²) in [4.78, 5) is 39.0. The van der Waals surface area contributed by atoms with Crippen LogP contribution in [0, 0.1) is 34.5 Å². The second kappa shape index (κ2) is 6.46. The van der Waals surface area contributed by atoms with Crippen LogP contribution in [0.25, 0.3) is 0 Å². The highest BCUT2D eigenvalue weighted by Gasteiger charge is 2.66. The maximum absolute atomic E-state index is 13.5. The summed E-state index contributed by atoms with van der Waals surface area (Å²) in [6, 6.07) is 1.80. The number of fused-ring (bicyclic) bond motifs is 3. The highest BCUT2D eigenvalue weighted by Crippen LogP contribution is 2.65. The van der Waals surface area contributed by atoms with E-state index in [1.54, 1.807) is 18.6 Å². The Labute approximate surface area is 164 Å². The number of hydrogen-bond donors (Lipinski definition) is 0. The SMILES string of the molecule is COC(=O)[C@@H]1C[C@@H](C)C(=O)C2[C@@]3(C)C[C@@H](c4ccoc4)OC(=O)C3CC[C@]21C. The summed E-state index contributed by atoms with van der Waals surface area (Å²) in [7, 11) is 1.40. The van der Waals surface area contributed by atoms with E-state index in [2.05, 4.69) is 0 Å². The number of ketones is 1. The van der Waals surface area contributed by atoms with Gasteiger partial charge in [0.15, 0.2) is 0 Å². The quantitative estimate of drug-likeness (QED) is 0.719. The van der Waals surface area contributed by atoms with Crippen LogP contribution in [-0.4, -0.2) is 24.8 Å². The molecule has 28 heavy (non-hydrogen) atoms. The molecule has 152 valence electrons. The Morgan fingerprint density at radius 2 is 2.00 bits per heavy atom. The predicted molar refractivity (Wildman–Crippen MR) is 98.9 cm³/mol. The van der Waals surface area contributed by atoms with Gasteiger partial charge < -0.3 is 13.9 Å². The van der Waals surface area contributed by atoms with Crippen LogP contribution in [0.4, 0.5) is 0 Å². The van der Waals surface area contributed by atoms with E-state index in [-0.39, 0.29) is 41.4 Å². The monoisotopic (exact) mass is 388 g/mol. The summed E-state index contributed by atoms with van der Waals surface area (Å²) in [6.07, 6.45) is 5.04. The first-order valence-electron chi connectivity index (χ1n) is 10.1. The van der Waals surface area contributed by atoms with Crippen molar-refractivity contribution in [3.05, 3.63) is 24.2 Å². The summed E-state index contributed by atoms with van der Waals surface area (Å²) in [6.45, 7) is 5.97. The number of furan rings is 1. The third-order valence-electron chi connectivity index (χ3n) is 7.81. The lowest BCUT2D eigenvalue weighted by Crippen LogP contribution is -2.63. The van der Waals surface area contributed by atoms with Crippen molar-refractivity contribution in [3.8, 4) is 0 Å². The molecule has 0 aromatic carbocycles. The highest BCUT2D eigenvalue weighted by molar-refractivity contribution is 5.90. The molecule has 0 N–H and O–H groups in total. The van der Waals surface area contributed by atoms with Crippen LogP contribution in [0.3, 0.4) is 0 Å². The third kappa shape index (κ3) is 2.56. The van der Waals surface area contributed by atoms with Crippen molar-refractivity contribution in [2.24, 2.45) is 34.5 Å². The van der Waals surface area contributed by atoms with Gasteiger partial charge in [-0.3, -0.25) is 14.4 Å². The van der Waals surface area contributed by atoms with Crippen LogP contribution in [-0.2, 0) is 23.9 Å². The van der Waals surface area contributed by atoms with Crippen molar-refractivity contribution in [1.29, 1.82) is 0 Å². The second-order valence-corrected chi connectivity index (χ2v) is 9.34. The summed E-state index contributed by atoms with van der Waals surface area (Å²) in [5.41, 5.74) is -0.274. The number of methoxy groups -OCH3 is 1. The van der Waals surface area contributed by atoms with Crippen molar-refractivity contribution in [3.63, 3.8) is 0 Å². The molecule has 2 heterocycles. The van der Waals surface area contributed by atoms with Gasteiger partial charge in [-0.2, -0.15) is 0 Å². The van der Waals surface area contributed by atoms with E-state index in [0.717, 1.165) is 5.56 Å². The van der Waals surface area contributed by atoms with E-state index in [1.807, 2.05) is 20.8 Å². The van der Waals surface area contributed by atoms with E-state index in [4.69, 9.17) is 13.9 Å². The predicted octanol–water partition coefficient (Wildman–Crippen LogP) is 3.70. The first-order valence-corrected chi connectivity index (χ1v) is 10.1. The van der Waals surface area contributed by atoms with Crippen molar-refractivity contribution >= 4 is 17.7 Å². The van der Waals surface area contributed by atoms with Gasteiger partial charge in [-0.15, -0.1) is 0 Å². The number of hydrogen-bond acceptors (Lipinski definition) is 6. The molecular weight excluding hydrogens is 360 g/mol. The molecule has 2 saturated carbocycles. The zero-order valence-corrected chi connectivity index (χ0v) is 16.9. The Morgan fingerprint density at radius 3 is 2.64 bits per heavy atom. The van der Waals surface area contributed by atoms with Crippen LogP contribution in [0.5, 0.6) is 0 Å². The van der Waals surface area contributed by atoms with E-state index in [0.29, 0.717) is 25.7 Å². The summed E-state index contributed by atoms with van der Waals surface area (Å²) < 4.78 is 16.0. The Hall–Kier alpha value is -2.11. The van der Waals surface area contributed by atoms with Crippen molar-refractivity contribution in [2.45, 2.75) is 52.6 Å². The van der Waals surface area contributed by atoms with E-state index >= 15 is 0 Å². The minimum absolute atomic E-state index is 0.162. The van der Waals surface area contributed by atoms with Crippen LogP contribution in [0.15, 0.2) is 23.0 Å². The number of rotatable bonds is 2. The standard InChI is InChI=1S/C22H28O6/c1-12-9-15(19(24)26-4)21(2)7-5-14-20(25)28-16(13-6-8-27-11-13)10-22(14,3)18(21)17(12)23/h6,8,11-12,14-16,18H,5,7,9-10H2,1-4H3/t12-,14?,15+,16+,18?,21+,22+/m1/s1. The molecular formula is C22H28O6. The Morgan fingerprint density at radius 1 is 1.25 bits per heavy atom. The minimum atomic E-state index is -0.567. The number of carbonyl (C=O) groups is 3. The molecule has 6 heteroatoms. The topological polar surface area (TPSA) is 82.8 Å². The molecule has 1 saturated heterocycles. The first kappa shape index (κ1) is 19.2. The van der Waals surface area contributed by atoms with Gasteiger partial charge in [-0.05, 0) is 42.6 Å². The number of ether oxygens (including phenoxy) is 2. The smallest absolute Gasteiger partial charge is 0.310 e. The molecule has 1 aromatic heterocycles. The molecule has 0 radical (unpaired) electrons. The normalized spacial score (nSPS) is 42.9. The van der Waals surface area contributed by atoms with Gasteiger partial charge in [0, 0.05) is 17.4 Å². The summed E-state index contributed by atoms with van der Waals surface area (Å²) in [5, 5.41) is 0. The lowest BCUT2D eigenvalue weighted by Gasteiger charge is -2.61. The van der Waals surface area contributed by atoms with Gasteiger partial charge in [0.25, 0.3) is 0 Å². The van der Waals surface area contributed by atoms with Crippen molar-refractivity contribution < 1.29 is 28.3 Å². The largest absolute Gasteiger partial charge is 0.472 e. The zero-order valence-electron chi connectivity index (χ0n) is 16.9. The average molecular weight is 388 g/mol. The molecule has 6 nitrogen and oxygen atoms in total. The molecule has 0 spiro atoms. The van der Waals surface area contributed by atoms with E-state index in [1.165, 1.54) is 7.11 Å². The molecule has 7 atom stereocenters. The van der Waals surface area contributed by atoms with Gasteiger partial charge in [-0.1, -0.05) is 20.8 Å². The zero-order chi connectivity index (χ0) is 20.3. The van der Waals surface area contributed by atoms with Crippen LogP contribution < -0.4 is 0 Å². The number of esters is 2. The molecule has 3 aliphatic rings. The third-order valence-corrected chi connectivity index (χ3v) is 7.81. The van der Waals surface area contributed by atoms with E-state index in [9.17, 15) is 14.4 Å². The number of carbonyl (C=O) groups excluding carboxylic acids is 3. The fourth-order valence-electron chi connectivity index (χ4n) is 6.40. The second-order valence-electron chi connectivity index (χ2n) is 9.34. The number of Topliss-reactive ketones (excluding diaryl/α,β-unsaturated/α-hetero) is 1. The molecule has 1 aromatic rings. The lowest BCUT2D eigenvalue weighted by atomic mass is 9.42. The van der Waals surface area contributed by atoms with Crippen LogP contribution in [0.2, 0.25) is 0 Å². The van der Waals surface area contributed by atoms with Crippen molar-refractivity contribution in [1.82, 2.24) is 0 Å². The van der Waals surface area contributed by atoms with Gasteiger partial charge >= 0.3 is 11.9 Å². The molecule has 4 rings (SSSR count). The fraction of sp³-hybridized carbons (Fsp3) is 0.682. The number of cyclic esters (lactones) is 1. The highest BCUT2D eigenvalue weighted by atomic mass is 16.5. The Balaban J connectivity index is 1.79. The molecule has 0 bridgehead atoms. The Bertz CT molecular complexity index is 798. The van der Waals surface area contributed by atoms with Crippen LogP contribution in [0.1, 0.15) is 58.1 Å². The molecule has 2 unspecified atom stereocenters. The molecule has 0 amide bonds. The maximum atomic E-state index is 13.5. The lowest BCUT2D eigenvalue weighted by molar-refractivity contribution is -0.204. The van der Waals surface area contributed by atoms with Gasteiger partial charge in [-0.25, -0.2) is 0 Å². The van der Waals surface area contributed by atoms with Gasteiger partial charge in [0.1, 0.15) is 11.9 Å². The van der Waals surface area contributed by atoms with Crippen LogP contribution >= 0.6 is 0 Å². The Kier molecular flexibility index (Phi) is 4.43. The minimum Gasteiger partial charge on any atom is -0.472 e. The summed E-state index contributed by atoms with van der Waals surface area (Å²) in [5.74, 6) is -1.62. The summed E-state index contributed by atoms with van der Waals surface area (Å²) >= 11 is 0. The fourth-order valence-corrected chi connectivity index (χ4v) is 6.40. The average Bonchev–Trinajstić information content (AvgIpc) is 3.18. The van der Waals surface area contributed by atoms with Gasteiger partial charge in [0.2, 0.25) is 0 Å².